The van der Waals surface area contributed by atoms with Crippen LogP contribution in [0.5, 0.6) is 0 Å². The lowest BCUT2D eigenvalue weighted by Crippen LogP contribution is -2.29. The number of carbonyl (C=O) groups is 2. The van der Waals surface area contributed by atoms with Crippen molar-refractivity contribution >= 4 is 28.2 Å². The Morgan fingerprint density at radius 1 is 1.30 bits per heavy atom. The third kappa shape index (κ3) is 4.76. The highest BCUT2D eigenvalue weighted by Crippen LogP contribution is 2.38. The Balaban J connectivity index is 2.09. The van der Waals surface area contributed by atoms with E-state index in [-0.39, 0.29) is 25.0 Å². The van der Waals surface area contributed by atoms with E-state index in [4.69, 9.17) is 9.84 Å². The summed E-state index contributed by atoms with van der Waals surface area (Å²) in [7, 11) is 0. The van der Waals surface area contributed by atoms with E-state index in [0.29, 0.717) is 30.1 Å². The average molecular weight is 340 g/mol. The van der Waals surface area contributed by atoms with Crippen LogP contribution in [0.15, 0.2) is 0 Å². The first-order valence-corrected chi connectivity index (χ1v) is 8.92. The molecule has 0 aliphatic heterocycles. The van der Waals surface area contributed by atoms with Crippen molar-refractivity contribution in [3.05, 3.63) is 16.0 Å². The van der Waals surface area contributed by atoms with Crippen LogP contribution in [0.1, 0.15) is 47.0 Å². The minimum absolute atomic E-state index is 0.0965. The summed E-state index contributed by atoms with van der Waals surface area (Å²) in [6.07, 6.45) is 4.61. The Labute approximate surface area is 140 Å². The Morgan fingerprint density at radius 2 is 2.09 bits per heavy atom. The average Bonchev–Trinajstić information content (AvgIpc) is 2.89. The molecule has 0 aromatic carbocycles. The standard InChI is InChI=1S/C16H24N2O4S/c1-2-22-16(21)14-11-6-3-4-7-12(11)23-15(14)18-13(20)10-17-8-5-9-19/h17,19H,2-10H2,1H3,(H,18,20). The molecule has 0 bridgehead atoms. The minimum atomic E-state index is -0.351. The predicted molar refractivity (Wildman–Crippen MR) is 90.1 cm³/mol. The monoisotopic (exact) mass is 340 g/mol. The lowest BCUT2D eigenvalue weighted by atomic mass is 9.95. The lowest BCUT2D eigenvalue weighted by Gasteiger charge is -2.12. The molecule has 1 aliphatic carbocycles. The molecule has 0 radical (unpaired) electrons. The summed E-state index contributed by atoms with van der Waals surface area (Å²) in [5.74, 6) is -0.539. The fraction of sp³-hybridized carbons (Fsp3) is 0.625. The first kappa shape index (κ1) is 17.9. The van der Waals surface area contributed by atoms with Crippen molar-refractivity contribution in [2.24, 2.45) is 0 Å². The molecule has 23 heavy (non-hydrogen) atoms. The SMILES string of the molecule is CCOC(=O)c1c(NC(=O)CNCCCO)sc2c1CCCC2. The quantitative estimate of drug-likeness (QED) is 0.495. The van der Waals surface area contributed by atoms with Crippen molar-refractivity contribution in [3.63, 3.8) is 0 Å². The molecule has 0 unspecified atom stereocenters. The van der Waals surface area contributed by atoms with E-state index in [2.05, 4.69) is 10.6 Å². The fourth-order valence-electron chi connectivity index (χ4n) is 2.65. The van der Waals surface area contributed by atoms with Gasteiger partial charge >= 0.3 is 5.97 Å². The second-order valence-electron chi connectivity index (χ2n) is 5.44. The van der Waals surface area contributed by atoms with Crippen molar-refractivity contribution in [1.29, 1.82) is 0 Å². The number of amides is 1. The van der Waals surface area contributed by atoms with Crippen LogP contribution in [-0.4, -0.2) is 43.3 Å². The normalized spacial score (nSPS) is 13.5. The van der Waals surface area contributed by atoms with Crippen molar-refractivity contribution in [3.8, 4) is 0 Å². The van der Waals surface area contributed by atoms with Gasteiger partial charge in [-0.3, -0.25) is 4.79 Å². The molecule has 0 saturated carbocycles. The number of esters is 1. The zero-order valence-corrected chi connectivity index (χ0v) is 14.3. The molecule has 2 rings (SSSR count). The van der Waals surface area contributed by atoms with Gasteiger partial charge in [0.25, 0.3) is 0 Å². The van der Waals surface area contributed by atoms with Crippen LogP contribution in [0.25, 0.3) is 0 Å². The summed E-state index contributed by atoms with van der Waals surface area (Å²) in [6.45, 7) is 2.93. The minimum Gasteiger partial charge on any atom is -0.462 e. The van der Waals surface area contributed by atoms with Crippen molar-refractivity contribution in [2.75, 3.05) is 31.6 Å². The molecule has 0 spiro atoms. The third-order valence-corrected chi connectivity index (χ3v) is 4.91. The van der Waals surface area contributed by atoms with Gasteiger partial charge in [-0.1, -0.05) is 0 Å². The zero-order valence-electron chi connectivity index (χ0n) is 13.4. The number of aliphatic hydroxyl groups excluding tert-OH is 1. The molecule has 1 amide bonds. The van der Waals surface area contributed by atoms with Gasteiger partial charge in [-0.25, -0.2) is 4.79 Å². The second kappa shape index (κ2) is 9.00. The third-order valence-electron chi connectivity index (χ3n) is 3.70. The molecule has 128 valence electrons. The van der Waals surface area contributed by atoms with Crippen molar-refractivity contribution in [1.82, 2.24) is 5.32 Å². The molecule has 6 nitrogen and oxygen atoms in total. The summed E-state index contributed by atoms with van der Waals surface area (Å²) >= 11 is 1.49. The summed E-state index contributed by atoms with van der Waals surface area (Å²) in [5.41, 5.74) is 1.58. The van der Waals surface area contributed by atoms with Crippen molar-refractivity contribution < 1.29 is 19.4 Å². The summed E-state index contributed by atoms with van der Waals surface area (Å²) < 4.78 is 5.16. The smallest absolute Gasteiger partial charge is 0.341 e. The molecule has 0 saturated heterocycles. The van der Waals surface area contributed by atoms with E-state index in [1.807, 2.05) is 0 Å². The number of hydrogen-bond acceptors (Lipinski definition) is 6. The van der Waals surface area contributed by atoms with Gasteiger partial charge in [-0.15, -0.1) is 11.3 Å². The van der Waals surface area contributed by atoms with E-state index < -0.39 is 0 Å². The van der Waals surface area contributed by atoms with Crippen LogP contribution in [0.4, 0.5) is 5.00 Å². The van der Waals surface area contributed by atoms with Gasteiger partial charge in [0.1, 0.15) is 5.00 Å². The zero-order chi connectivity index (χ0) is 16.7. The molecular formula is C16H24N2O4S. The van der Waals surface area contributed by atoms with Crippen LogP contribution in [-0.2, 0) is 22.4 Å². The fourth-order valence-corrected chi connectivity index (χ4v) is 3.94. The van der Waals surface area contributed by atoms with E-state index in [0.717, 1.165) is 31.2 Å². The van der Waals surface area contributed by atoms with Crippen molar-refractivity contribution in [2.45, 2.75) is 39.0 Å². The van der Waals surface area contributed by atoms with E-state index >= 15 is 0 Å². The highest BCUT2D eigenvalue weighted by Gasteiger charge is 2.27. The molecule has 1 aromatic heterocycles. The molecule has 1 heterocycles. The topological polar surface area (TPSA) is 87.7 Å². The molecule has 0 atom stereocenters. The van der Waals surface area contributed by atoms with Gasteiger partial charge in [0.05, 0.1) is 18.7 Å². The van der Waals surface area contributed by atoms with Crippen LogP contribution in [0.3, 0.4) is 0 Å². The predicted octanol–water partition coefficient (Wildman–Crippen LogP) is 1.71. The molecule has 1 aliphatic rings. The second-order valence-corrected chi connectivity index (χ2v) is 6.54. The van der Waals surface area contributed by atoms with E-state index in [1.54, 1.807) is 6.92 Å². The first-order chi connectivity index (χ1) is 11.2. The van der Waals surface area contributed by atoms with Crippen LogP contribution < -0.4 is 10.6 Å². The molecular weight excluding hydrogens is 316 g/mol. The maximum Gasteiger partial charge on any atom is 0.341 e. The largest absolute Gasteiger partial charge is 0.462 e. The van der Waals surface area contributed by atoms with Crippen LogP contribution in [0, 0.1) is 0 Å². The maximum atomic E-state index is 12.3. The molecule has 7 heteroatoms. The molecule has 0 fully saturated rings. The Morgan fingerprint density at radius 3 is 2.83 bits per heavy atom. The van der Waals surface area contributed by atoms with Gasteiger partial charge in [-0.05, 0) is 51.1 Å². The van der Waals surface area contributed by atoms with Gasteiger partial charge in [0, 0.05) is 11.5 Å². The van der Waals surface area contributed by atoms with Gasteiger partial charge < -0.3 is 20.5 Å². The number of thiophene rings is 1. The number of rotatable bonds is 8. The molecule has 3 N–H and O–H groups in total. The number of nitrogens with one attached hydrogen (secondary N) is 2. The Hall–Kier alpha value is -1.44. The first-order valence-electron chi connectivity index (χ1n) is 8.10. The number of aliphatic hydroxyl groups is 1. The number of hydrogen-bond donors (Lipinski definition) is 3. The summed E-state index contributed by atoms with van der Waals surface area (Å²) in [6, 6.07) is 0. The highest BCUT2D eigenvalue weighted by molar-refractivity contribution is 7.17. The van der Waals surface area contributed by atoms with Crippen LogP contribution in [0.2, 0.25) is 0 Å². The Kier molecular flexibility index (Phi) is 7.01. The Bertz CT molecular complexity index is 557. The van der Waals surface area contributed by atoms with Gasteiger partial charge in [-0.2, -0.15) is 0 Å². The van der Waals surface area contributed by atoms with Gasteiger partial charge in [0.2, 0.25) is 5.91 Å². The number of carbonyl (C=O) groups excluding carboxylic acids is 2. The van der Waals surface area contributed by atoms with Gasteiger partial charge in [0.15, 0.2) is 0 Å². The maximum absolute atomic E-state index is 12.3. The summed E-state index contributed by atoms with van der Waals surface area (Å²) in [4.78, 5) is 25.5. The van der Waals surface area contributed by atoms with E-state index in [1.165, 1.54) is 16.2 Å². The van der Waals surface area contributed by atoms with E-state index in [9.17, 15) is 9.59 Å². The number of fused-ring (bicyclic) bond motifs is 1. The highest BCUT2D eigenvalue weighted by atomic mass is 32.1. The molecule has 1 aromatic rings. The summed E-state index contributed by atoms with van der Waals surface area (Å²) in [5, 5.41) is 15.1. The number of ether oxygens (including phenoxy) is 1. The lowest BCUT2D eigenvalue weighted by molar-refractivity contribution is -0.115. The van der Waals surface area contributed by atoms with Crippen LogP contribution >= 0.6 is 11.3 Å². The number of aryl methyl sites for hydroxylation is 1. The number of anilines is 1.